The number of carboxylic acid groups (broad SMARTS) is 1. The Morgan fingerprint density at radius 3 is 2.60 bits per heavy atom. The van der Waals surface area contributed by atoms with Crippen LogP contribution in [0.4, 0.5) is 0 Å². The lowest BCUT2D eigenvalue weighted by molar-refractivity contribution is -0.157. The third kappa shape index (κ3) is 1.51. The Hall–Kier alpha value is -1.10. The largest absolute Gasteiger partial charge is 0.480 e. The van der Waals surface area contributed by atoms with Gasteiger partial charge in [0.2, 0.25) is 5.91 Å². The first-order chi connectivity index (χ1) is 7.05. The van der Waals surface area contributed by atoms with Crippen LogP contribution in [-0.4, -0.2) is 47.1 Å². The first kappa shape index (κ1) is 10.4. The van der Waals surface area contributed by atoms with Crippen LogP contribution in [0.5, 0.6) is 0 Å². The third-order valence-electron chi connectivity index (χ3n) is 3.50. The highest BCUT2D eigenvalue weighted by molar-refractivity contribution is 5.89. The minimum Gasteiger partial charge on any atom is -0.480 e. The van der Waals surface area contributed by atoms with E-state index in [1.165, 1.54) is 0 Å². The summed E-state index contributed by atoms with van der Waals surface area (Å²) in [4.78, 5) is 24.7. The number of likely N-dealkylation sites (tertiary alicyclic amines) is 1. The third-order valence-corrected chi connectivity index (χ3v) is 3.50. The summed E-state index contributed by atoms with van der Waals surface area (Å²) in [6, 6.07) is 0. The molecule has 0 spiro atoms. The summed E-state index contributed by atoms with van der Waals surface area (Å²) in [5, 5.41) is 12.2. The molecule has 0 aromatic carbocycles. The number of aliphatic carboxylic acids is 1. The molecule has 15 heavy (non-hydrogen) atoms. The first-order valence-electron chi connectivity index (χ1n) is 5.31. The molecule has 0 aromatic rings. The van der Waals surface area contributed by atoms with Crippen molar-refractivity contribution in [3.05, 3.63) is 0 Å². The van der Waals surface area contributed by atoms with E-state index in [4.69, 9.17) is 5.11 Å². The fraction of sp³-hybridized carbons (Fsp3) is 0.800. The van der Waals surface area contributed by atoms with Crippen LogP contribution < -0.4 is 5.32 Å². The van der Waals surface area contributed by atoms with Gasteiger partial charge in [-0.05, 0) is 19.8 Å². The maximum Gasteiger partial charge on any atom is 0.329 e. The number of hydrogen-bond donors (Lipinski definition) is 2. The predicted molar refractivity (Wildman–Crippen MR) is 53.3 cm³/mol. The van der Waals surface area contributed by atoms with Crippen LogP contribution in [0.2, 0.25) is 0 Å². The zero-order chi connectivity index (χ0) is 11.1. The highest BCUT2D eigenvalue weighted by atomic mass is 16.4. The first-order valence-corrected chi connectivity index (χ1v) is 5.31. The molecule has 1 atom stereocenters. The molecule has 0 radical (unpaired) electrons. The Balaban J connectivity index is 2.13. The van der Waals surface area contributed by atoms with Crippen molar-refractivity contribution in [2.24, 2.45) is 5.92 Å². The van der Waals surface area contributed by atoms with E-state index < -0.39 is 11.5 Å². The molecule has 2 saturated heterocycles. The zero-order valence-corrected chi connectivity index (χ0v) is 8.82. The topological polar surface area (TPSA) is 69.6 Å². The molecular weight excluding hydrogens is 196 g/mol. The van der Waals surface area contributed by atoms with Crippen LogP contribution in [0.3, 0.4) is 0 Å². The van der Waals surface area contributed by atoms with E-state index in [1.807, 2.05) is 0 Å². The molecule has 84 valence electrons. The van der Waals surface area contributed by atoms with Crippen molar-refractivity contribution in [1.82, 2.24) is 10.2 Å². The number of hydrogen-bond acceptors (Lipinski definition) is 3. The van der Waals surface area contributed by atoms with E-state index >= 15 is 0 Å². The van der Waals surface area contributed by atoms with Crippen LogP contribution in [0.25, 0.3) is 0 Å². The lowest BCUT2D eigenvalue weighted by Crippen LogP contribution is -2.58. The lowest BCUT2D eigenvalue weighted by atomic mass is 9.95. The van der Waals surface area contributed by atoms with Crippen molar-refractivity contribution >= 4 is 11.9 Å². The number of rotatable bonds is 2. The number of nitrogens with one attached hydrogen (secondary N) is 1. The maximum atomic E-state index is 12.0. The van der Waals surface area contributed by atoms with E-state index in [0.717, 1.165) is 6.42 Å². The molecule has 5 heteroatoms. The SMILES string of the molecule is CC1(C(=O)O)CCCN1C(=O)C1CNC1. The average molecular weight is 212 g/mol. The Labute approximate surface area is 88.4 Å². The Morgan fingerprint density at radius 2 is 2.13 bits per heavy atom. The summed E-state index contributed by atoms with van der Waals surface area (Å²) in [5.41, 5.74) is -0.979. The van der Waals surface area contributed by atoms with Gasteiger partial charge < -0.3 is 15.3 Å². The van der Waals surface area contributed by atoms with Crippen LogP contribution in [-0.2, 0) is 9.59 Å². The van der Waals surface area contributed by atoms with Crippen molar-refractivity contribution in [1.29, 1.82) is 0 Å². The molecular formula is C10H16N2O3. The van der Waals surface area contributed by atoms with Gasteiger partial charge in [0.15, 0.2) is 0 Å². The Kier molecular flexibility index (Phi) is 2.42. The van der Waals surface area contributed by atoms with Gasteiger partial charge in [-0.25, -0.2) is 4.79 Å². The molecule has 2 fully saturated rings. The van der Waals surface area contributed by atoms with Gasteiger partial charge in [0.1, 0.15) is 5.54 Å². The second-order valence-electron chi connectivity index (χ2n) is 4.53. The number of carbonyl (C=O) groups is 2. The van der Waals surface area contributed by atoms with Gasteiger partial charge in [0.25, 0.3) is 0 Å². The van der Waals surface area contributed by atoms with Gasteiger partial charge in [0.05, 0.1) is 5.92 Å². The van der Waals surface area contributed by atoms with Crippen molar-refractivity contribution in [3.8, 4) is 0 Å². The number of nitrogens with zero attached hydrogens (tertiary/aromatic N) is 1. The molecule has 1 unspecified atom stereocenters. The van der Waals surface area contributed by atoms with E-state index in [-0.39, 0.29) is 11.8 Å². The van der Waals surface area contributed by atoms with E-state index in [2.05, 4.69) is 5.32 Å². The summed E-state index contributed by atoms with van der Waals surface area (Å²) in [7, 11) is 0. The van der Waals surface area contributed by atoms with Crippen molar-refractivity contribution in [2.45, 2.75) is 25.3 Å². The van der Waals surface area contributed by atoms with E-state index in [1.54, 1.807) is 11.8 Å². The van der Waals surface area contributed by atoms with Gasteiger partial charge in [-0.15, -0.1) is 0 Å². The quantitative estimate of drug-likeness (QED) is 0.657. The number of carbonyl (C=O) groups excluding carboxylic acids is 1. The zero-order valence-electron chi connectivity index (χ0n) is 8.82. The van der Waals surface area contributed by atoms with E-state index in [9.17, 15) is 9.59 Å². The Bertz CT molecular complexity index is 301. The normalized spacial score (nSPS) is 31.4. The van der Waals surface area contributed by atoms with Crippen LogP contribution in [0, 0.1) is 5.92 Å². The van der Waals surface area contributed by atoms with Gasteiger partial charge in [0, 0.05) is 19.6 Å². The minimum absolute atomic E-state index is 0.00356. The van der Waals surface area contributed by atoms with Gasteiger partial charge in [-0.1, -0.05) is 0 Å². The lowest BCUT2D eigenvalue weighted by Gasteiger charge is -2.37. The van der Waals surface area contributed by atoms with Crippen molar-refractivity contribution in [2.75, 3.05) is 19.6 Å². The number of carboxylic acids is 1. The predicted octanol–water partition coefficient (Wildman–Crippen LogP) is -0.328. The monoisotopic (exact) mass is 212 g/mol. The van der Waals surface area contributed by atoms with Crippen LogP contribution in [0.15, 0.2) is 0 Å². The summed E-state index contributed by atoms with van der Waals surface area (Å²) in [5.74, 6) is -0.904. The molecule has 0 bridgehead atoms. The second-order valence-corrected chi connectivity index (χ2v) is 4.53. The summed E-state index contributed by atoms with van der Waals surface area (Å²) in [6.07, 6.45) is 1.35. The fourth-order valence-corrected chi connectivity index (χ4v) is 2.22. The van der Waals surface area contributed by atoms with Gasteiger partial charge >= 0.3 is 5.97 Å². The van der Waals surface area contributed by atoms with Crippen LogP contribution >= 0.6 is 0 Å². The van der Waals surface area contributed by atoms with Crippen molar-refractivity contribution in [3.63, 3.8) is 0 Å². The molecule has 2 heterocycles. The molecule has 2 aliphatic rings. The molecule has 2 aliphatic heterocycles. The standard InChI is InChI=1S/C10H16N2O3/c1-10(9(14)15)3-2-4-12(10)8(13)7-5-11-6-7/h7,11H,2-6H2,1H3,(H,14,15). The summed E-state index contributed by atoms with van der Waals surface area (Å²) < 4.78 is 0. The molecule has 5 nitrogen and oxygen atoms in total. The van der Waals surface area contributed by atoms with Crippen LogP contribution in [0.1, 0.15) is 19.8 Å². The average Bonchev–Trinajstić information content (AvgIpc) is 2.45. The smallest absolute Gasteiger partial charge is 0.329 e. The van der Waals surface area contributed by atoms with E-state index in [0.29, 0.717) is 26.1 Å². The summed E-state index contributed by atoms with van der Waals surface area (Å²) >= 11 is 0. The second kappa shape index (κ2) is 3.48. The molecule has 2 N–H and O–H groups in total. The Morgan fingerprint density at radius 1 is 1.47 bits per heavy atom. The number of amides is 1. The summed E-state index contributed by atoms with van der Waals surface area (Å²) in [6.45, 7) is 3.60. The molecule has 2 rings (SSSR count). The fourth-order valence-electron chi connectivity index (χ4n) is 2.22. The molecule has 0 aromatic heterocycles. The maximum absolute atomic E-state index is 12.0. The molecule has 0 saturated carbocycles. The molecule has 1 amide bonds. The minimum atomic E-state index is -0.979. The molecule has 0 aliphatic carbocycles. The van der Waals surface area contributed by atoms with Gasteiger partial charge in [-0.3, -0.25) is 4.79 Å². The highest BCUT2D eigenvalue weighted by Gasteiger charge is 2.47. The highest BCUT2D eigenvalue weighted by Crippen LogP contribution is 2.31. The van der Waals surface area contributed by atoms with Crippen molar-refractivity contribution < 1.29 is 14.7 Å². The van der Waals surface area contributed by atoms with Gasteiger partial charge in [-0.2, -0.15) is 0 Å².